The van der Waals surface area contributed by atoms with Gasteiger partial charge in [-0.3, -0.25) is 9.69 Å². The smallest absolute Gasteiger partial charge is 0.238 e. The van der Waals surface area contributed by atoms with E-state index in [0.29, 0.717) is 6.54 Å². The van der Waals surface area contributed by atoms with Crippen molar-refractivity contribution in [2.45, 2.75) is 20.8 Å². The van der Waals surface area contributed by atoms with Gasteiger partial charge in [0.15, 0.2) is 0 Å². The molecule has 1 saturated heterocycles. The lowest BCUT2D eigenvalue weighted by Crippen LogP contribution is -2.41. The summed E-state index contributed by atoms with van der Waals surface area (Å²) in [5, 5.41) is 3.03. The molecule has 20 heavy (non-hydrogen) atoms. The van der Waals surface area contributed by atoms with Crippen molar-refractivity contribution >= 4 is 24.0 Å². The predicted octanol–water partition coefficient (Wildman–Crippen LogP) is 2.30. The second-order valence-corrected chi connectivity index (χ2v) is 5.21. The summed E-state index contributed by atoms with van der Waals surface area (Å²) in [7, 11) is 0. The number of benzene rings is 1. The van der Waals surface area contributed by atoms with Gasteiger partial charge in [0, 0.05) is 18.8 Å². The molecule has 0 spiro atoms. The zero-order chi connectivity index (χ0) is 13.8. The number of halogens is 1. The number of anilines is 1. The van der Waals surface area contributed by atoms with Crippen molar-refractivity contribution in [2.75, 3.05) is 38.2 Å². The van der Waals surface area contributed by atoms with Crippen molar-refractivity contribution in [3.63, 3.8) is 0 Å². The van der Waals surface area contributed by atoms with Crippen molar-refractivity contribution in [3.05, 3.63) is 28.8 Å². The maximum absolute atomic E-state index is 12.1. The van der Waals surface area contributed by atoms with Gasteiger partial charge < -0.3 is 10.1 Å². The topological polar surface area (TPSA) is 41.6 Å². The lowest BCUT2D eigenvalue weighted by atomic mass is 10.1. The Bertz CT molecular complexity index is 448. The first-order chi connectivity index (χ1) is 9.06. The van der Waals surface area contributed by atoms with Gasteiger partial charge in [-0.2, -0.15) is 0 Å². The Morgan fingerprint density at radius 3 is 2.30 bits per heavy atom. The number of aryl methyl sites for hydroxylation is 3. The molecule has 1 aliphatic rings. The molecule has 1 aromatic rings. The third-order valence-corrected chi connectivity index (χ3v) is 3.41. The molecule has 0 saturated carbocycles. The van der Waals surface area contributed by atoms with E-state index in [2.05, 4.69) is 29.3 Å². The van der Waals surface area contributed by atoms with Crippen molar-refractivity contribution in [2.24, 2.45) is 0 Å². The molecule has 1 fully saturated rings. The molecule has 0 atom stereocenters. The molecule has 0 aromatic heterocycles. The summed E-state index contributed by atoms with van der Waals surface area (Å²) >= 11 is 0. The highest BCUT2D eigenvalue weighted by atomic mass is 35.5. The van der Waals surface area contributed by atoms with Crippen LogP contribution >= 0.6 is 12.4 Å². The molecule has 5 heteroatoms. The van der Waals surface area contributed by atoms with E-state index < -0.39 is 0 Å². The Labute approximate surface area is 126 Å². The molecular weight excluding hydrogens is 276 g/mol. The van der Waals surface area contributed by atoms with Crippen LogP contribution in [0.3, 0.4) is 0 Å². The number of hydrogen-bond acceptors (Lipinski definition) is 3. The number of amides is 1. The fourth-order valence-corrected chi connectivity index (χ4v) is 2.52. The van der Waals surface area contributed by atoms with Crippen molar-refractivity contribution in [3.8, 4) is 0 Å². The summed E-state index contributed by atoms with van der Waals surface area (Å²) in [6.07, 6.45) is 0. The fourth-order valence-electron chi connectivity index (χ4n) is 2.52. The van der Waals surface area contributed by atoms with Crippen LogP contribution in [0.1, 0.15) is 16.7 Å². The largest absolute Gasteiger partial charge is 0.379 e. The summed E-state index contributed by atoms with van der Waals surface area (Å²) in [5.74, 6) is 0.0527. The van der Waals surface area contributed by atoms with Crippen LogP contribution in [0, 0.1) is 20.8 Å². The average Bonchev–Trinajstić information content (AvgIpc) is 2.35. The van der Waals surface area contributed by atoms with E-state index in [1.54, 1.807) is 0 Å². The van der Waals surface area contributed by atoms with Crippen molar-refractivity contribution < 1.29 is 9.53 Å². The number of carbonyl (C=O) groups is 1. The van der Waals surface area contributed by atoms with Gasteiger partial charge in [0.2, 0.25) is 5.91 Å². The maximum Gasteiger partial charge on any atom is 0.238 e. The first-order valence-corrected chi connectivity index (χ1v) is 6.74. The zero-order valence-electron chi connectivity index (χ0n) is 12.4. The minimum Gasteiger partial charge on any atom is -0.379 e. The van der Waals surface area contributed by atoms with E-state index in [1.807, 2.05) is 13.8 Å². The van der Waals surface area contributed by atoms with Gasteiger partial charge in [0.25, 0.3) is 0 Å². The van der Waals surface area contributed by atoms with Gasteiger partial charge in [-0.15, -0.1) is 12.4 Å². The molecule has 1 aliphatic heterocycles. The van der Waals surface area contributed by atoms with Crippen LogP contribution in [0.25, 0.3) is 0 Å². The van der Waals surface area contributed by atoms with Crippen molar-refractivity contribution in [1.29, 1.82) is 0 Å². The second kappa shape index (κ2) is 7.62. The Morgan fingerprint density at radius 2 is 1.75 bits per heavy atom. The molecule has 0 bridgehead atoms. The summed E-state index contributed by atoms with van der Waals surface area (Å²) in [6, 6.07) is 4.19. The van der Waals surface area contributed by atoms with E-state index in [4.69, 9.17) is 4.74 Å². The monoisotopic (exact) mass is 298 g/mol. The van der Waals surface area contributed by atoms with Crippen molar-refractivity contribution in [1.82, 2.24) is 4.90 Å². The molecule has 1 aromatic carbocycles. The van der Waals surface area contributed by atoms with E-state index in [1.165, 1.54) is 5.56 Å². The van der Waals surface area contributed by atoms with Crippen LogP contribution in [0.2, 0.25) is 0 Å². The summed E-state index contributed by atoms with van der Waals surface area (Å²) in [5.41, 5.74) is 4.41. The van der Waals surface area contributed by atoms with Crippen LogP contribution in [0.5, 0.6) is 0 Å². The Kier molecular flexibility index (Phi) is 6.46. The lowest BCUT2D eigenvalue weighted by Gasteiger charge is -2.26. The van der Waals surface area contributed by atoms with E-state index in [9.17, 15) is 4.79 Å². The van der Waals surface area contributed by atoms with Crippen LogP contribution in [0.4, 0.5) is 5.69 Å². The quantitative estimate of drug-likeness (QED) is 0.931. The second-order valence-electron chi connectivity index (χ2n) is 5.21. The fraction of sp³-hybridized carbons (Fsp3) is 0.533. The minimum atomic E-state index is 0. The number of rotatable bonds is 3. The molecular formula is C15H23ClN2O2. The van der Waals surface area contributed by atoms with Gasteiger partial charge >= 0.3 is 0 Å². The number of nitrogens with one attached hydrogen (secondary N) is 1. The van der Waals surface area contributed by atoms with E-state index >= 15 is 0 Å². The Hall–Kier alpha value is -1.10. The van der Waals surface area contributed by atoms with Gasteiger partial charge in [-0.25, -0.2) is 0 Å². The standard InChI is InChI=1S/C15H22N2O2.ClH/c1-11-8-12(2)15(13(3)9-11)16-14(18)10-17-4-6-19-7-5-17;/h8-9H,4-7,10H2,1-3H3,(H,16,18);1H. The Balaban J connectivity index is 0.00000200. The number of nitrogens with zero attached hydrogens (tertiary/aromatic N) is 1. The van der Waals surface area contributed by atoms with Crippen LogP contribution in [0.15, 0.2) is 12.1 Å². The zero-order valence-corrected chi connectivity index (χ0v) is 13.2. The average molecular weight is 299 g/mol. The molecule has 112 valence electrons. The predicted molar refractivity (Wildman–Crippen MR) is 83.8 cm³/mol. The minimum absolute atomic E-state index is 0. The molecule has 2 rings (SSSR count). The molecule has 0 unspecified atom stereocenters. The van der Waals surface area contributed by atoms with E-state index in [0.717, 1.165) is 43.1 Å². The third-order valence-electron chi connectivity index (χ3n) is 3.41. The molecule has 1 heterocycles. The normalized spacial score (nSPS) is 15.6. The highest BCUT2D eigenvalue weighted by molar-refractivity contribution is 5.93. The maximum atomic E-state index is 12.1. The Morgan fingerprint density at radius 1 is 1.20 bits per heavy atom. The molecule has 0 aliphatic carbocycles. The number of hydrogen-bond donors (Lipinski definition) is 1. The number of ether oxygens (including phenoxy) is 1. The van der Waals surface area contributed by atoms with Gasteiger partial charge in [0.05, 0.1) is 19.8 Å². The van der Waals surface area contributed by atoms with Gasteiger partial charge in [-0.05, 0) is 31.9 Å². The molecule has 0 radical (unpaired) electrons. The van der Waals surface area contributed by atoms with Crippen LogP contribution in [-0.4, -0.2) is 43.7 Å². The van der Waals surface area contributed by atoms with Gasteiger partial charge in [0.1, 0.15) is 0 Å². The molecule has 4 nitrogen and oxygen atoms in total. The third kappa shape index (κ3) is 4.47. The summed E-state index contributed by atoms with van der Waals surface area (Å²) < 4.78 is 5.28. The van der Waals surface area contributed by atoms with Crippen LogP contribution in [-0.2, 0) is 9.53 Å². The van der Waals surface area contributed by atoms with E-state index in [-0.39, 0.29) is 18.3 Å². The lowest BCUT2D eigenvalue weighted by molar-refractivity contribution is -0.118. The van der Waals surface area contributed by atoms with Crippen LogP contribution < -0.4 is 5.32 Å². The summed E-state index contributed by atoms with van der Waals surface area (Å²) in [4.78, 5) is 14.2. The SMILES string of the molecule is Cc1cc(C)c(NC(=O)CN2CCOCC2)c(C)c1.Cl. The molecule has 1 amide bonds. The number of carbonyl (C=O) groups excluding carboxylic acids is 1. The van der Waals surface area contributed by atoms with Gasteiger partial charge in [-0.1, -0.05) is 17.7 Å². The first kappa shape index (κ1) is 17.0. The first-order valence-electron chi connectivity index (χ1n) is 6.74. The highest BCUT2D eigenvalue weighted by Crippen LogP contribution is 2.21. The summed E-state index contributed by atoms with van der Waals surface area (Å²) in [6.45, 7) is 9.68. The highest BCUT2D eigenvalue weighted by Gasteiger charge is 2.15. The molecule has 1 N–H and O–H groups in total. The number of morpholine rings is 1.